The fourth-order valence-corrected chi connectivity index (χ4v) is 2.51. The van der Waals surface area contributed by atoms with Crippen LogP contribution in [0.1, 0.15) is 24.2 Å². The lowest BCUT2D eigenvalue weighted by Crippen LogP contribution is -2.30. The van der Waals surface area contributed by atoms with E-state index in [0.29, 0.717) is 33.6 Å². The number of amides is 2. The summed E-state index contributed by atoms with van der Waals surface area (Å²) in [5, 5.41) is 6.23. The van der Waals surface area contributed by atoms with Gasteiger partial charge in [-0.1, -0.05) is 29.3 Å². The van der Waals surface area contributed by atoms with Crippen molar-refractivity contribution < 1.29 is 14.3 Å². The quantitative estimate of drug-likeness (QED) is 0.790. The van der Waals surface area contributed by atoms with Gasteiger partial charge in [-0.25, -0.2) is 0 Å². The minimum Gasteiger partial charge on any atom is -0.479 e. The van der Waals surface area contributed by atoms with Crippen LogP contribution in [0.2, 0.25) is 10.0 Å². The van der Waals surface area contributed by atoms with Gasteiger partial charge in [0.15, 0.2) is 6.10 Å². The molecule has 0 spiro atoms. The Morgan fingerprint density at radius 2 is 1.92 bits per heavy atom. The molecule has 0 fully saturated rings. The summed E-state index contributed by atoms with van der Waals surface area (Å²) in [5.74, 6) is -0.195. The summed E-state index contributed by atoms with van der Waals surface area (Å²) in [4.78, 5) is 24.1. The molecule has 5 nitrogen and oxygen atoms in total. The molecule has 0 heterocycles. The van der Waals surface area contributed by atoms with Gasteiger partial charge in [0.05, 0.1) is 5.02 Å². The van der Waals surface area contributed by atoms with Gasteiger partial charge >= 0.3 is 0 Å². The first-order valence-electron chi connectivity index (χ1n) is 7.71. The second kappa shape index (κ2) is 8.74. The van der Waals surface area contributed by atoms with E-state index < -0.39 is 6.10 Å². The zero-order valence-electron chi connectivity index (χ0n) is 13.8. The van der Waals surface area contributed by atoms with Gasteiger partial charge < -0.3 is 15.4 Å². The Hall–Kier alpha value is -2.24. The first kappa shape index (κ1) is 19.1. The third kappa shape index (κ3) is 5.37. The highest BCUT2D eigenvalue weighted by Crippen LogP contribution is 2.28. The molecular formula is C18H18Cl2N2O3. The average molecular weight is 381 g/mol. The minimum absolute atomic E-state index is 0.198. The molecule has 25 heavy (non-hydrogen) atoms. The van der Waals surface area contributed by atoms with Gasteiger partial charge in [-0.15, -0.1) is 0 Å². The molecule has 0 aliphatic heterocycles. The fourth-order valence-electron chi connectivity index (χ4n) is 2.06. The molecule has 0 bridgehead atoms. The van der Waals surface area contributed by atoms with Crippen molar-refractivity contribution in [3.8, 4) is 5.75 Å². The van der Waals surface area contributed by atoms with Crippen molar-refractivity contribution in [1.29, 1.82) is 0 Å². The minimum atomic E-state index is -0.785. The highest BCUT2D eigenvalue weighted by atomic mass is 35.5. The molecule has 0 radical (unpaired) electrons. The summed E-state index contributed by atoms with van der Waals surface area (Å²) in [6.07, 6.45) is -0.785. The lowest BCUT2D eigenvalue weighted by Gasteiger charge is -2.16. The first-order valence-corrected chi connectivity index (χ1v) is 8.47. The largest absolute Gasteiger partial charge is 0.479 e. The van der Waals surface area contributed by atoms with E-state index >= 15 is 0 Å². The van der Waals surface area contributed by atoms with E-state index in [2.05, 4.69) is 10.6 Å². The van der Waals surface area contributed by atoms with Crippen molar-refractivity contribution in [3.05, 3.63) is 58.1 Å². The second-order valence-electron chi connectivity index (χ2n) is 5.26. The van der Waals surface area contributed by atoms with Gasteiger partial charge in [0, 0.05) is 22.8 Å². The maximum absolute atomic E-state index is 12.3. The van der Waals surface area contributed by atoms with Gasteiger partial charge in [-0.2, -0.15) is 0 Å². The number of ether oxygens (including phenoxy) is 1. The van der Waals surface area contributed by atoms with Crippen molar-refractivity contribution >= 4 is 40.7 Å². The van der Waals surface area contributed by atoms with Gasteiger partial charge in [-0.05, 0) is 50.2 Å². The molecular weight excluding hydrogens is 363 g/mol. The Morgan fingerprint density at radius 3 is 2.60 bits per heavy atom. The molecule has 2 aromatic carbocycles. The number of hydrogen-bond acceptors (Lipinski definition) is 3. The number of carbonyl (C=O) groups is 2. The Bertz CT molecular complexity index is 781. The van der Waals surface area contributed by atoms with Crippen LogP contribution in [0.5, 0.6) is 5.75 Å². The third-order valence-electron chi connectivity index (χ3n) is 3.30. The smallest absolute Gasteiger partial charge is 0.265 e. The molecule has 1 atom stereocenters. The summed E-state index contributed by atoms with van der Waals surface area (Å²) in [5.41, 5.74) is 0.973. The van der Waals surface area contributed by atoms with Crippen LogP contribution in [0, 0.1) is 0 Å². The van der Waals surface area contributed by atoms with Crippen LogP contribution in [0.4, 0.5) is 5.69 Å². The van der Waals surface area contributed by atoms with E-state index in [1.807, 2.05) is 6.92 Å². The lowest BCUT2D eigenvalue weighted by molar-refractivity contribution is -0.122. The number of nitrogens with one attached hydrogen (secondary N) is 2. The molecule has 0 aliphatic rings. The topological polar surface area (TPSA) is 67.4 Å². The van der Waals surface area contributed by atoms with Crippen LogP contribution >= 0.6 is 23.2 Å². The summed E-state index contributed by atoms with van der Waals surface area (Å²) < 4.78 is 5.57. The highest BCUT2D eigenvalue weighted by Gasteiger charge is 2.17. The van der Waals surface area contributed by atoms with Crippen molar-refractivity contribution in [1.82, 2.24) is 5.32 Å². The predicted molar refractivity (Wildman–Crippen MR) is 99.6 cm³/mol. The van der Waals surface area contributed by atoms with Gasteiger partial charge in [-0.3, -0.25) is 9.59 Å². The van der Waals surface area contributed by atoms with Crippen molar-refractivity contribution in [2.75, 3.05) is 11.9 Å². The van der Waals surface area contributed by atoms with E-state index in [1.165, 1.54) is 0 Å². The van der Waals surface area contributed by atoms with Crippen molar-refractivity contribution in [3.63, 3.8) is 0 Å². The maximum Gasteiger partial charge on any atom is 0.265 e. The Balaban J connectivity index is 2.03. The number of halogens is 2. The molecule has 0 saturated heterocycles. The average Bonchev–Trinajstić information content (AvgIpc) is 2.57. The molecule has 7 heteroatoms. The fraction of sp³-hybridized carbons (Fsp3) is 0.222. The summed E-state index contributed by atoms with van der Waals surface area (Å²) in [6.45, 7) is 3.97. The molecule has 2 amide bonds. The molecule has 0 saturated carbocycles. The van der Waals surface area contributed by atoms with E-state index in [1.54, 1.807) is 49.4 Å². The monoisotopic (exact) mass is 380 g/mol. The second-order valence-corrected chi connectivity index (χ2v) is 6.11. The summed E-state index contributed by atoms with van der Waals surface area (Å²) >= 11 is 11.9. The zero-order chi connectivity index (χ0) is 18.4. The standard InChI is InChI=1S/C18H18Cl2N2O3/c1-3-21-18(24)12-5-4-6-14(9-12)22-17(23)11(2)25-16-8-7-13(19)10-15(16)20/h4-11H,3H2,1-2H3,(H,21,24)(H,22,23)/t11-/m1/s1. The molecule has 2 rings (SSSR count). The van der Waals surface area contributed by atoms with Crippen LogP contribution in [-0.2, 0) is 4.79 Å². The zero-order valence-corrected chi connectivity index (χ0v) is 15.3. The van der Waals surface area contributed by atoms with Gasteiger partial charge in [0.2, 0.25) is 0 Å². The van der Waals surface area contributed by atoms with Crippen LogP contribution in [-0.4, -0.2) is 24.5 Å². The lowest BCUT2D eigenvalue weighted by atomic mass is 10.2. The number of anilines is 1. The third-order valence-corrected chi connectivity index (χ3v) is 3.83. The molecule has 2 N–H and O–H groups in total. The molecule has 0 aromatic heterocycles. The number of carbonyl (C=O) groups excluding carboxylic acids is 2. The Morgan fingerprint density at radius 1 is 1.16 bits per heavy atom. The Labute approximate surface area is 156 Å². The summed E-state index contributed by atoms with van der Waals surface area (Å²) in [6, 6.07) is 11.4. The van der Waals surface area contributed by atoms with Crippen LogP contribution < -0.4 is 15.4 Å². The van der Waals surface area contributed by atoms with E-state index in [-0.39, 0.29) is 11.8 Å². The van der Waals surface area contributed by atoms with E-state index in [0.717, 1.165) is 0 Å². The van der Waals surface area contributed by atoms with Crippen molar-refractivity contribution in [2.24, 2.45) is 0 Å². The summed E-state index contributed by atoms with van der Waals surface area (Å²) in [7, 11) is 0. The number of hydrogen-bond donors (Lipinski definition) is 2. The molecule has 132 valence electrons. The van der Waals surface area contributed by atoms with Crippen molar-refractivity contribution in [2.45, 2.75) is 20.0 Å². The molecule has 0 unspecified atom stereocenters. The Kier molecular flexibility index (Phi) is 6.67. The van der Waals surface area contributed by atoms with Gasteiger partial charge in [0.1, 0.15) is 5.75 Å². The SMILES string of the molecule is CCNC(=O)c1cccc(NC(=O)[C@@H](C)Oc2ccc(Cl)cc2Cl)c1. The first-order chi connectivity index (χ1) is 11.9. The normalized spacial score (nSPS) is 11.5. The predicted octanol–water partition coefficient (Wildman–Crippen LogP) is 4.15. The number of rotatable bonds is 6. The van der Waals surface area contributed by atoms with Crippen LogP contribution in [0.15, 0.2) is 42.5 Å². The van der Waals surface area contributed by atoms with Gasteiger partial charge in [0.25, 0.3) is 11.8 Å². The van der Waals surface area contributed by atoms with E-state index in [9.17, 15) is 9.59 Å². The molecule has 2 aromatic rings. The van der Waals surface area contributed by atoms with Crippen LogP contribution in [0.25, 0.3) is 0 Å². The van der Waals surface area contributed by atoms with Crippen LogP contribution in [0.3, 0.4) is 0 Å². The van der Waals surface area contributed by atoms with E-state index in [4.69, 9.17) is 27.9 Å². The number of benzene rings is 2. The maximum atomic E-state index is 12.3. The molecule has 0 aliphatic carbocycles. The highest BCUT2D eigenvalue weighted by molar-refractivity contribution is 6.35.